The molecule has 3 unspecified atom stereocenters. The van der Waals surface area contributed by atoms with Crippen LogP contribution in [-0.4, -0.2) is 50.5 Å². The van der Waals surface area contributed by atoms with E-state index in [0.29, 0.717) is 24.8 Å². The summed E-state index contributed by atoms with van der Waals surface area (Å²) in [6, 6.07) is 4.63. The summed E-state index contributed by atoms with van der Waals surface area (Å²) in [6.07, 6.45) is 10.1. The van der Waals surface area contributed by atoms with Crippen molar-refractivity contribution >= 4 is 5.91 Å². The van der Waals surface area contributed by atoms with Crippen LogP contribution in [0.25, 0.3) is 0 Å². The van der Waals surface area contributed by atoms with Crippen molar-refractivity contribution in [3.63, 3.8) is 0 Å². The average Bonchev–Trinajstić information content (AvgIpc) is 3.46. The molecule has 2 N–H and O–H groups in total. The van der Waals surface area contributed by atoms with Gasteiger partial charge >= 0.3 is 0 Å². The second kappa shape index (κ2) is 8.41. The zero-order valence-electron chi connectivity index (χ0n) is 16.7. The van der Waals surface area contributed by atoms with E-state index in [4.69, 9.17) is 0 Å². The van der Waals surface area contributed by atoms with Gasteiger partial charge in [-0.05, 0) is 30.5 Å². The van der Waals surface area contributed by atoms with Gasteiger partial charge in [0.1, 0.15) is 5.82 Å². The zero-order valence-corrected chi connectivity index (χ0v) is 16.7. The summed E-state index contributed by atoms with van der Waals surface area (Å²) < 4.78 is 2.11. The highest BCUT2D eigenvalue weighted by Crippen LogP contribution is 2.31. The third kappa shape index (κ3) is 3.82. The Labute approximate surface area is 166 Å². The lowest BCUT2D eigenvalue weighted by molar-refractivity contribution is -0.132. The molecule has 2 aromatic rings. The first-order chi connectivity index (χ1) is 13.6. The number of hydrogen-bond donors (Lipinski definition) is 2. The van der Waals surface area contributed by atoms with Crippen molar-refractivity contribution in [2.24, 2.45) is 0 Å². The van der Waals surface area contributed by atoms with Crippen molar-refractivity contribution in [3.05, 3.63) is 48.3 Å². The number of hydrogen-bond acceptors (Lipinski definition) is 5. The van der Waals surface area contributed by atoms with Crippen molar-refractivity contribution < 1.29 is 4.79 Å². The molecule has 150 valence electrons. The van der Waals surface area contributed by atoms with Crippen LogP contribution in [0, 0.1) is 0 Å². The predicted octanol–water partition coefficient (Wildman–Crippen LogP) is 2.04. The molecular formula is C21H30N6O. The molecule has 2 fully saturated rings. The molecule has 4 heterocycles. The number of aryl methyl sites for hydroxylation is 1. The molecular weight excluding hydrogens is 352 g/mol. The van der Waals surface area contributed by atoms with E-state index in [-0.39, 0.29) is 18.0 Å². The molecule has 2 aliphatic heterocycles. The normalized spacial score (nSPS) is 25.0. The minimum absolute atomic E-state index is 0.230. The summed E-state index contributed by atoms with van der Waals surface area (Å²) in [5.74, 6) is 2.00. The van der Waals surface area contributed by atoms with Crippen LogP contribution in [0.2, 0.25) is 0 Å². The van der Waals surface area contributed by atoms with Crippen molar-refractivity contribution in [2.45, 2.75) is 63.6 Å². The maximum Gasteiger partial charge on any atom is 0.224 e. The number of hydrazine groups is 1. The number of rotatable bonds is 6. The van der Waals surface area contributed by atoms with Crippen LogP contribution in [0.3, 0.4) is 0 Å². The summed E-state index contributed by atoms with van der Waals surface area (Å²) in [5, 5.41) is 0. The molecule has 0 spiro atoms. The van der Waals surface area contributed by atoms with E-state index in [0.717, 1.165) is 31.8 Å². The second-order valence-corrected chi connectivity index (χ2v) is 8.12. The number of imidazole rings is 1. The number of pyridine rings is 1. The minimum Gasteiger partial charge on any atom is -0.338 e. The van der Waals surface area contributed by atoms with E-state index in [9.17, 15) is 4.79 Å². The standard InChI is InChI=1S/C21H30N6O/c1-15(2)21-23-10-13-26(21)12-7-19(28)27-11-3-4-18(27)20-17(14-24-25-20)16-5-8-22-9-6-16/h5-6,8-10,13,15,17-18,20,24-25H,3-4,7,11-12,14H2,1-2H3. The van der Waals surface area contributed by atoms with Crippen molar-refractivity contribution in [1.29, 1.82) is 0 Å². The number of nitrogens with zero attached hydrogens (tertiary/aromatic N) is 4. The molecule has 3 atom stereocenters. The number of aromatic nitrogens is 3. The van der Waals surface area contributed by atoms with Crippen LogP contribution < -0.4 is 10.9 Å². The number of carbonyl (C=O) groups is 1. The van der Waals surface area contributed by atoms with Crippen molar-refractivity contribution in [2.75, 3.05) is 13.1 Å². The Balaban J connectivity index is 1.43. The average molecular weight is 383 g/mol. The van der Waals surface area contributed by atoms with Crippen LogP contribution in [0.5, 0.6) is 0 Å². The van der Waals surface area contributed by atoms with Gasteiger partial charge in [0, 0.05) is 74.8 Å². The third-order valence-corrected chi connectivity index (χ3v) is 6.02. The fourth-order valence-electron chi connectivity index (χ4n) is 4.66. The lowest BCUT2D eigenvalue weighted by Crippen LogP contribution is -2.50. The van der Waals surface area contributed by atoms with Gasteiger partial charge in [0.05, 0.1) is 0 Å². The first-order valence-corrected chi connectivity index (χ1v) is 10.3. The molecule has 2 saturated heterocycles. The first-order valence-electron chi connectivity index (χ1n) is 10.3. The molecule has 28 heavy (non-hydrogen) atoms. The van der Waals surface area contributed by atoms with Crippen LogP contribution in [0.15, 0.2) is 36.9 Å². The highest BCUT2D eigenvalue weighted by atomic mass is 16.2. The minimum atomic E-state index is 0.230. The van der Waals surface area contributed by atoms with Crippen molar-refractivity contribution in [1.82, 2.24) is 30.3 Å². The summed E-state index contributed by atoms with van der Waals surface area (Å²) in [6.45, 7) is 6.69. The van der Waals surface area contributed by atoms with Gasteiger partial charge in [-0.1, -0.05) is 13.8 Å². The molecule has 0 aromatic carbocycles. The van der Waals surface area contributed by atoms with Gasteiger partial charge in [-0.3, -0.25) is 20.6 Å². The maximum atomic E-state index is 13.1. The first kappa shape index (κ1) is 19.1. The summed E-state index contributed by atoms with van der Waals surface area (Å²) >= 11 is 0. The Hall–Kier alpha value is -2.25. The second-order valence-electron chi connectivity index (χ2n) is 8.12. The molecule has 7 heteroatoms. The van der Waals surface area contributed by atoms with Gasteiger partial charge < -0.3 is 9.47 Å². The third-order valence-electron chi connectivity index (χ3n) is 6.02. The van der Waals surface area contributed by atoms with Gasteiger partial charge in [0.15, 0.2) is 0 Å². The Morgan fingerprint density at radius 1 is 1.29 bits per heavy atom. The van der Waals surface area contributed by atoms with E-state index < -0.39 is 0 Å². The Morgan fingerprint density at radius 2 is 2.11 bits per heavy atom. The number of nitrogens with one attached hydrogen (secondary N) is 2. The summed E-state index contributed by atoms with van der Waals surface area (Å²) in [7, 11) is 0. The largest absolute Gasteiger partial charge is 0.338 e. The van der Waals surface area contributed by atoms with E-state index in [1.165, 1.54) is 5.56 Å². The number of likely N-dealkylation sites (tertiary alicyclic amines) is 1. The van der Waals surface area contributed by atoms with Crippen molar-refractivity contribution in [3.8, 4) is 0 Å². The quantitative estimate of drug-likeness (QED) is 0.800. The van der Waals surface area contributed by atoms with Crippen LogP contribution in [0.4, 0.5) is 0 Å². The van der Waals surface area contributed by atoms with Gasteiger partial charge in [-0.25, -0.2) is 4.98 Å². The van der Waals surface area contributed by atoms with E-state index in [1.807, 2.05) is 24.8 Å². The lowest BCUT2D eigenvalue weighted by Gasteiger charge is -2.32. The van der Waals surface area contributed by atoms with Gasteiger partial charge in [0.25, 0.3) is 0 Å². The molecule has 0 aliphatic carbocycles. The highest BCUT2D eigenvalue weighted by molar-refractivity contribution is 5.77. The highest BCUT2D eigenvalue weighted by Gasteiger charge is 2.41. The monoisotopic (exact) mass is 382 g/mol. The van der Waals surface area contributed by atoms with Gasteiger partial charge in [-0.2, -0.15) is 0 Å². The smallest absolute Gasteiger partial charge is 0.224 e. The Bertz CT molecular complexity index is 789. The predicted molar refractivity (Wildman–Crippen MR) is 108 cm³/mol. The fourth-order valence-corrected chi connectivity index (χ4v) is 4.66. The van der Waals surface area contributed by atoms with Gasteiger partial charge in [0.2, 0.25) is 5.91 Å². The van der Waals surface area contributed by atoms with E-state index in [1.54, 1.807) is 0 Å². The van der Waals surface area contributed by atoms with Crippen LogP contribution in [-0.2, 0) is 11.3 Å². The molecule has 4 rings (SSSR count). The molecule has 7 nitrogen and oxygen atoms in total. The maximum absolute atomic E-state index is 13.1. The molecule has 2 aromatic heterocycles. The topological polar surface area (TPSA) is 75.1 Å². The zero-order chi connectivity index (χ0) is 19.5. The summed E-state index contributed by atoms with van der Waals surface area (Å²) in [5.41, 5.74) is 8.03. The SMILES string of the molecule is CC(C)c1nccn1CCC(=O)N1CCCC1C1NNCC1c1ccncc1. The van der Waals surface area contributed by atoms with Gasteiger partial charge in [-0.15, -0.1) is 0 Å². The molecule has 2 aliphatic rings. The van der Waals surface area contributed by atoms with E-state index in [2.05, 4.69) is 56.3 Å². The van der Waals surface area contributed by atoms with E-state index >= 15 is 0 Å². The lowest BCUT2D eigenvalue weighted by atomic mass is 9.88. The molecule has 1 amide bonds. The number of carbonyl (C=O) groups excluding carboxylic acids is 1. The number of amides is 1. The Morgan fingerprint density at radius 3 is 2.89 bits per heavy atom. The molecule has 0 bridgehead atoms. The molecule has 0 saturated carbocycles. The fraction of sp³-hybridized carbons (Fsp3) is 0.571. The van der Waals surface area contributed by atoms with Crippen LogP contribution in [0.1, 0.15) is 56.3 Å². The van der Waals surface area contributed by atoms with Crippen LogP contribution >= 0.6 is 0 Å². The Kier molecular flexibility index (Phi) is 5.73. The summed E-state index contributed by atoms with van der Waals surface area (Å²) in [4.78, 5) is 23.7. The molecule has 0 radical (unpaired) electrons.